The number of benzene rings is 2. The van der Waals surface area contributed by atoms with Crippen LogP contribution in [0.3, 0.4) is 0 Å². The van der Waals surface area contributed by atoms with Crippen molar-refractivity contribution >= 4 is 28.8 Å². The molecule has 3 heterocycles. The predicted octanol–water partition coefficient (Wildman–Crippen LogP) is 4.36. The molecule has 0 radical (unpaired) electrons. The van der Waals surface area contributed by atoms with E-state index in [1.165, 1.54) is 0 Å². The maximum atomic E-state index is 13.9. The second-order valence-corrected chi connectivity index (χ2v) is 9.64. The minimum absolute atomic E-state index is 0.208. The Morgan fingerprint density at radius 2 is 1.72 bits per heavy atom. The van der Waals surface area contributed by atoms with Crippen molar-refractivity contribution in [3.8, 4) is 22.1 Å². The van der Waals surface area contributed by atoms with Crippen LogP contribution in [0.5, 0.6) is 11.5 Å². The first kappa shape index (κ1) is 23.6. The maximum absolute atomic E-state index is 13.9. The van der Waals surface area contributed by atoms with Crippen LogP contribution in [0, 0.1) is 0 Å². The van der Waals surface area contributed by atoms with Crippen LogP contribution in [0.15, 0.2) is 72.1 Å². The summed E-state index contributed by atoms with van der Waals surface area (Å²) in [4.78, 5) is 30.1. The van der Waals surface area contributed by atoms with Gasteiger partial charge in [0.2, 0.25) is 5.91 Å². The summed E-state index contributed by atoms with van der Waals surface area (Å²) in [6, 6.07) is 20.3. The van der Waals surface area contributed by atoms with Crippen LogP contribution in [-0.4, -0.2) is 41.4 Å². The molecule has 1 atom stereocenters. The first-order valence-corrected chi connectivity index (χ1v) is 12.3. The van der Waals surface area contributed by atoms with Gasteiger partial charge >= 0.3 is 0 Å². The van der Waals surface area contributed by atoms with Gasteiger partial charge in [0.15, 0.2) is 0 Å². The second-order valence-electron chi connectivity index (χ2n) is 8.69. The molecular weight excluding hydrogens is 476 g/mol. The molecule has 0 saturated carbocycles. The molecule has 2 amide bonds. The Balaban J connectivity index is 1.50. The Kier molecular flexibility index (Phi) is 6.24. The van der Waals surface area contributed by atoms with Crippen molar-refractivity contribution < 1.29 is 19.1 Å². The van der Waals surface area contributed by atoms with Crippen molar-refractivity contribution in [2.24, 2.45) is 0 Å². The molecule has 1 aliphatic rings. The number of rotatable bonds is 7. The van der Waals surface area contributed by atoms with Gasteiger partial charge in [-0.15, -0.1) is 11.3 Å². The van der Waals surface area contributed by atoms with E-state index < -0.39 is 5.54 Å². The SMILES string of the molecule is COc1ccc(CNC(=O)[C@]2(C)Cn3nc(-c4cccs4)cc3C(=O)N2c2ccc(OC)cc2)cc1. The predicted molar refractivity (Wildman–Crippen MR) is 139 cm³/mol. The average molecular weight is 503 g/mol. The van der Waals surface area contributed by atoms with E-state index in [-0.39, 0.29) is 18.4 Å². The van der Waals surface area contributed by atoms with E-state index in [1.807, 2.05) is 41.8 Å². The molecule has 0 aliphatic carbocycles. The zero-order chi connectivity index (χ0) is 25.3. The number of aromatic nitrogens is 2. The fourth-order valence-electron chi connectivity index (χ4n) is 4.38. The number of methoxy groups -OCH3 is 2. The number of ether oxygens (including phenoxy) is 2. The lowest BCUT2D eigenvalue weighted by Gasteiger charge is -2.43. The molecule has 2 aromatic carbocycles. The van der Waals surface area contributed by atoms with E-state index in [2.05, 4.69) is 10.4 Å². The van der Waals surface area contributed by atoms with Crippen molar-refractivity contribution in [1.29, 1.82) is 0 Å². The van der Waals surface area contributed by atoms with Gasteiger partial charge in [-0.25, -0.2) is 0 Å². The molecule has 0 unspecified atom stereocenters. The number of amides is 2. The molecule has 5 rings (SSSR count). The third-order valence-electron chi connectivity index (χ3n) is 6.36. The molecule has 0 fully saturated rings. The number of fused-ring (bicyclic) bond motifs is 1. The Bertz CT molecular complexity index is 1380. The van der Waals surface area contributed by atoms with E-state index in [1.54, 1.807) is 72.4 Å². The van der Waals surface area contributed by atoms with E-state index in [0.717, 1.165) is 16.2 Å². The fraction of sp³-hybridized carbons (Fsp3) is 0.222. The van der Waals surface area contributed by atoms with Crippen LogP contribution >= 0.6 is 11.3 Å². The molecule has 8 nitrogen and oxygen atoms in total. The van der Waals surface area contributed by atoms with Crippen molar-refractivity contribution in [3.05, 3.63) is 83.4 Å². The third-order valence-corrected chi connectivity index (χ3v) is 7.25. The van der Waals surface area contributed by atoms with Crippen molar-refractivity contribution in [1.82, 2.24) is 15.1 Å². The quantitative estimate of drug-likeness (QED) is 0.406. The zero-order valence-electron chi connectivity index (χ0n) is 20.2. The molecule has 0 bridgehead atoms. The molecule has 9 heteroatoms. The summed E-state index contributed by atoms with van der Waals surface area (Å²) in [6.45, 7) is 2.29. The Hall–Kier alpha value is -4.11. The number of nitrogens with one attached hydrogen (secondary N) is 1. The van der Waals surface area contributed by atoms with Crippen LogP contribution in [0.2, 0.25) is 0 Å². The Morgan fingerprint density at radius 1 is 1.06 bits per heavy atom. The van der Waals surface area contributed by atoms with Gasteiger partial charge in [0.05, 0.1) is 25.6 Å². The summed E-state index contributed by atoms with van der Waals surface area (Å²) >= 11 is 1.55. The van der Waals surface area contributed by atoms with E-state index in [4.69, 9.17) is 9.47 Å². The molecule has 2 aromatic heterocycles. The van der Waals surface area contributed by atoms with Gasteiger partial charge in [-0.05, 0) is 66.4 Å². The first-order valence-electron chi connectivity index (χ1n) is 11.4. The van der Waals surface area contributed by atoms with Gasteiger partial charge in [-0.2, -0.15) is 5.10 Å². The Morgan fingerprint density at radius 3 is 2.33 bits per heavy atom. The number of hydrogen-bond donors (Lipinski definition) is 1. The minimum atomic E-state index is -1.22. The molecule has 36 heavy (non-hydrogen) atoms. The summed E-state index contributed by atoms with van der Waals surface area (Å²) in [5.74, 6) is 0.845. The van der Waals surface area contributed by atoms with Crippen LogP contribution < -0.4 is 19.7 Å². The average Bonchev–Trinajstić information content (AvgIpc) is 3.58. The molecule has 1 N–H and O–H groups in total. The van der Waals surface area contributed by atoms with Gasteiger partial charge in [-0.3, -0.25) is 19.2 Å². The van der Waals surface area contributed by atoms with E-state index >= 15 is 0 Å². The topological polar surface area (TPSA) is 85.7 Å². The van der Waals surface area contributed by atoms with Crippen LogP contribution in [0.25, 0.3) is 10.6 Å². The lowest BCUT2D eigenvalue weighted by atomic mass is 9.93. The number of carbonyl (C=O) groups excluding carboxylic acids is 2. The minimum Gasteiger partial charge on any atom is -0.497 e. The largest absolute Gasteiger partial charge is 0.497 e. The van der Waals surface area contributed by atoms with Crippen LogP contribution in [-0.2, 0) is 17.9 Å². The highest BCUT2D eigenvalue weighted by Gasteiger charge is 2.48. The smallest absolute Gasteiger partial charge is 0.277 e. The van der Waals surface area contributed by atoms with Crippen molar-refractivity contribution in [2.75, 3.05) is 19.1 Å². The first-order chi connectivity index (χ1) is 17.4. The second kappa shape index (κ2) is 9.50. The van der Waals surface area contributed by atoms with E-state index in [9.17, 15) is 9.59 Å². The standard InChI is InChI=1S/C27H26N4O4S/c1-27(26(33)28-16-18-6-10-20(34-2)11-7-18)17-30-23(15-22(29-30)24-5-4-14-36-24)25(32)31(27)19-8-12-21(35-3)13-9-19/h4-15H,16-17H2,1-3H3,(H,28,33)/t27-/m0/s1. The molecule has 1 aliphatic heterocycles. The highest BCUT2D eigenvalue weighted by atomic mass is 32.1. The highest BCUT2D eigenvalue weighted by molar-refractivity contribution is 7.13. The number of hydrogen-bond acceptors (Lipinski definition) is 6. The van der Waals surface area contributed by atoms with Gasteiger partial charge < -0.3 is 14.8 Å². The van der Waals surface area contributed by atoms with Gasteiger partial charge in [0.25, 0.3) is 5.91 Å². The monoisotopic (exact) mass is 502 g/mol. The van der Waals surface area contributed by atoms with Gasteiger partial charge in [0, 0.05) is 12.2 Å². The number of carbonyl (C=O) groups is 2. The van der Waals surface area contributed by atoms with Crippen LogP contribution in [0.1, 0.15) is 23.0 Å². The van der Waals surface area contributed by atoms with Gasteiger partial charge in [-0.1, -0.05) is 18.2 Å². The number of thiophene rings is 1. The summed E-state index contributed by atoms with van der Waals surface area (Å²) in [7, 11) is 3.20. The molecule has 0 spiro atoms. The summed E-state index contributed by atoms with van der Waals surface area (Å²) in [6.07, 6.45) is 0. The molecular formula is C27H26N4O4S. The molecule has 184 valence electrons. The van der Waals surface area contributed by atoms with Crippen molar-refractivity contribution in [3.63, 3.8) is 0 Å². The lowest BCUT2D eigenvalue weighted by Crippen LogP contribution is -2.64. The lowest BCUT2D eigenvalue weighted by molar-refractivity contribution is -0.126. The number of anilines is 1. The zero-order valence-corrected chi connectivity index (χ0v) is 21.0. The van der Waals surface area contributed by atoms with Gasteiger partial charge in [0.1, 0.15) is 28.4 Å². The molecule has 0 saturated heterocycles. The van der Waals surface area contributed by atoms with E-state index in [0.29, 0.717) is 29.4 Å². The third kappa shape index (κ3) is 4.22. The summed E-state index contributed by atoms with van der Waals surface area (Å²) in [5, 5.41) is 9.67. The maximum Gasteiger partial charge on any atom is 0.277 e. The Labute approximate surface area is 213 Å². The normalized spacial score (nSPS) is 17.0. The van der Waals surface area contributed by atoms with Crippen LogP contribution in [0.4, 0.5) is 5.69 Å². The van der Waals surface area contributed by atoms with Crippen molar-refractivity contribution in [2.45, 2.75) is 25.6 Å². The highest BCUT2D eigenvalue weighted by Crippen LogP contribution is 2.35. The fourth-order valence-corrected chi connectivity index (χ4v) is 5.06. The number of nitrogens with zero attached hydrogens (tertiary/aromatic N) is 3. The summed E-state index contributed by atoms with van der Waals surface area (Å²) in [5.41, 5.74) is 1.46. The summed E-state index contributed by atoms with van der Waals surface area (Å²) < 4.78 is 12.1. The molecule has 4 aromatic rings.